The number of hydrogen-bond donors (Lipinski definition) is 0. The zero-order chi connectivity index (χ0) is 16.4. The minimum Gasteiger partial charge on any atom is -0.330 e. The number of halogens is 3. The first-order valence-electron chi connectivity index (χ1n) is 7.46. The van der Waals surface area contributed by atoms with Gasteiger partial charge >= 0.3 is 6.55 Å². The Morgan fingerprint density at radius 3 is 2.78 bits per heavy atom. The van der Waals surface area contributed by atoms with Crippen molar-refractivity contribution in [2.75, 3.05) is 6.54 Å². The second-order valence-electron chi connectivity index (χ2n) is 5.52. The number of carbonyl (C=O) groups excluding carboxylic acids is 1. The summed E-state index contributed by atoms with van der Waals surface area (Å²) in [7, 11) is 0. The summed E-state index contributed by atoms with van der Waals surface area (Å²) in [6.45, 7) is -2.28. The summed E-state index contributed by atoms with van der Waals surface area (Å²) in [5, 5.41) is 3.63. The van der Waals surface area contributed by atoms with Crippen LogP contribution in [0.4, 0.5) is 13.2 Å². The molecule has 1 amide bonds. The van der Waals surface area contributed by atoms with E-state index >= 15 is 0 Å². The van der Waals surface area contributed by atoms with E-state index in [4.69, 9.17) is 0 Å². The van der Waals surface area contributed by atoms with Gasteiger partial charge in [-0.3, -0.25) is 4.79 Å². The molecule has 1 saturated heterocycles. The first-order valence-corrected chi connectivity index (χ1v) is 7.46. The predicted octanol–water partition coefficient (Wildman–Crippen LogP) is 3.78. The molecule has 1 aliphatic heterocycles. The second-order valence-corrected chi connectivity index (χ2v) is 5.52. The van der Waals surface area contributed by atoms with Gasteiger partial charge in [-0.15, -0.1) is 0 Å². The molecule has 0 radical (unpaired) electrons. The second kappa shape index (κ2) is 6.44. The van der Waals surface area contributed by atoms with E-state index in [0.717, 1.165) is 19.0 Å². The fourth-order valence-corrected chi connectivity index (χ4v) is 2.94. The van der Waals surface area contributed by atoms with E-state index in [-0.39, 0.29) is 17.6 Å². The van der Waals surface area contributed by atoms with Crippen LogP contribution < -0.4 is 0 Å². The number of amides is 1. The van der Waals surface area contributed by atoms with E-state index in [1.807, 2.05) is 0 Å². The fourth-order valence-electron chi connectivity index (χ4n) is 2.94. The maximum absolute atomic E-state index is 13.5. The van der Waals surface area contributed by atoms with Crippen LogP contribution in [0, 0.1) is 5.82 Å². The number of aromatic nitrogens is 2. The Kier molecular flexibility index (Phi) is 4.36. The van der Waals surface area contributed by atoms with Crippen LogP contribution in [0.25, 0.3) is 0 Å². The summed E-state index contributed by atoms with van der Waals surface area (Å²) in [6.07, 6.45) is 3.55. The number of benzene rings is 1. The Labute approximate surface area is 131 Å². The lowest BCUT2D eigenvalue weighted by Crippen LogP contribution is -2.38. The molecule has 0 aliphatic carbocycles. The highest BCUT2D eigenvalue weighted by atomic mass is 19.3. The lowest BCUT2D eigenvalue weighted by Gasteiger charge is -2.35. The van der Waals surface area contributed by atoms with Crippen molar-refractivity contribution in [2.45, 2.75) is 31.9 Å². The number of alkyl halides is 2. The Morgan fingerprint density at radius 1 is 1.26 bits per heavy atom. The summed E-state index contributed by atoms with van der Waals surface area (Å²) in [5.74, 6) is -0.763. The highest BCUT2D eigenvalue weighted by Gasteiger charge is 2.30. The van der Waals surface area contributed by atoms with E-state index in [2.05, 4.69) is 5.10 Å². The standard InChI is InChI=1S/C16H16F3N3O/c17-12-5-3-4-11(10-12)14-6-1-2-8-21(14)15(23)13-7-9-22(20-13)16(18)19/h3-5,7,9-10,14,16H,1-2,6,8H2. The maximum Gasteiger partial charge on any atom is 0.333 e. The van der Waals surface area contributed by atoms with E-state index in [9.17, 15) is 18.0 Å². The topological polar surface area (TPSA) is 38.1 Å². The lowest BCUT2D eigenvalue weighted by molar-refractivity contribution is 0.0527. The number of carbonyl (C=O) groups is 1. The summed E-state index contributed by atoms with van der Waals surface area (Å²) in [5.41, 5.74) is 0.694. The molecule has 0 spiro atoms. The van der Waals surface area contributed by atoms with Gasteiger partial charge in [0.1, 0.15) is 5.82 Å². The number of nitrogens with zero attached hydrogens (tertiary/aromatic N) is 3. The molecule has 2 aromatic rings. The Morgan fingerprint density at radius 2 is 2.09 bits per heavy atom. The van der Waals surface area contributed by atoms with Gasteiger partial charge in [0.05, 0.1) is 6.04 Å². The Bertz CT molecular complexity index is 701. The third-order valence-electron chi connectivity index (χ3n) is 4.02. The molecule has 1 aliphatic rings. The van der Waals surface area contributed by atoms with Gasteiger partial charge in [-0.1, -0.05) is 12.1 Å². The van der Waals surface area contributed by atoms with Gasteiger partial charge in [-0.05, 0) is 43.0 Å². The predicted molar refractivity (Wildman–Crippen MR) is 77.5 cm³/mol. The normalized spacial score (nSPS) is 18.4. The third-order valence-corrected chi connectivity index (χ3v) is 4.02. The molecule has 0 N–H and O–H groups in total. The molecule has 3 rings (SSSR count). The monoisotopic (exact) mass is 323 g/mol. The molecule has 122 valence electrons. The quantitative estimate of drug-likeness (QED) is 0.862. The molecule has 7 heteroatoms. The highest BCUT2D eigenvalue weighted by molar-refractivity contribution is 5.92. The van der Waals surface area contributed by atoms with Crippen LogP contribution in [0.3, 0.4) is 0 Å². The smallest absolute Gasteiger partial charge is 0.330 e. The molecule has 1 atom stereocenters. The van der Waals surface area contributed by atoms with E-state index in [0.29, 0.717) is 23.2 Å². The van der Waals surface area contributed by atoms with E-state index in [1.54, 1.807) is 17.0 Å². The molecule has 2 heterocycles. The van der Waals surface area contributed by atoms with Gasteiger partial charge in [0.2, 0.25) is 0 Å². The molecule has 1 aromatic carbocycles. The molecule has 1 unspecified atom stereocenters. The Balaban J connectivity index is 1.87. The SMILES string of the molecule is O=C(c1ccn(C(F)F)n1)N1CCCCC1c1cccc(F)c1. The van der Waals surface area contributed by atoms with E-state index in [1.165, 1.54) is 18.2 Å². The first-order chi connectivity index (χ1) is 11.1. The van der Waals surface area contributed by atoms with Crippen molar-refractivity contribution in [1.82, 2.24) is 14.7 Å². The zero-order valence-corrected chi connectivity index (χ0v) is 12.3. The van der Waals surface area contributed by atoms with Crippen molar-refractivity contribution >= 4 is 5.91 Å². The first kappa shape index (κ1) is 15.6. The minimum absolute atomic E-state index is 0.0198. The minimum atomic E-state index is -2.78. The van der Waals surface area contributed by atoms with Gasteiger partial charge in [0.25, 0.3) is 5.91 Å². The van der Waals surface area contributed by atoms with Crippen LogP contribution in [0.5, 0.6) is 0 Å². The molecule has 1 aromatic heterocycles. The van der Waals surface area contributed by atoms with Crippen molar-refractivity contribution in [2.24, 2.45) is 0 Å². The molecular weight excluding hydrogens is 307 g/mol. The lowest BCUT2D eigenvalue weighted by atomic mass is 9.95. The van der Waals surface area contributed by atoms with Crippen LogP contribution >= 0.6 is 0 Å². The van der Waals surface area contributed by atoms with Gasteiger partial charge in [-0.25, -0.2) is 9.07 Å². The van der Waals surface area contributed by atoms with Crippen LogP contribution in [-0.4, -0.2) is 27.1 Å². The number of hydrogen-bond acceptors (Lipinski definition) is 2. The number of rotatable bonds is 3. The fraction of sp³-hybridized carbons (Fsp3) is 0.375. The van der Waals surface area contributed by atoms with Crippen molar-refractivity contribution in [1.29, 1.82) is 0 Å². The van der Waals surface area contributed by atoms with Crippen LogP contribution in [0.1, 0.15) is 47.9 Å². The van der Waals surface area contributed by atoms with Crippen molar-refractivity contribution in [3.05, 3.63) is 53.6 Å². The summed E-state index contributed by atoms with van der Waals surface area (Å²) in [6, 6.07) is 7.16. The summed E-state index contributed by atoms with van der Waals surface area (Å²) >= 11 is 0. The average molecular weight is 323 g/mol. The average Bonchev–Trinajstić information content (AvgIpc) is 3.04. The molecule has 23 heavy (non-hydrogen) atoms. The van der Waals surface area contributed by atoms with Crippen molar-refractivity contribution < 1.29 is 18.0 Å². The largest absolute Gasteiger partial charge is 0.333 e. The zero-order valence-electron chi connectivity index (χ0n) is 12.3. The highest BCUT2D eigenvalue weighted by Crippen LogP contribution is 2.32. The Hall–Kier alpha value is -2.31. The summed E-state index contributed by atoms with van der Waals surface area (Å²) < 4.78 is 39.1. The summed E-state index contributed by atoms with van der Waals surface area (Å²) in [4.78, 5) is 14.2. The van der Waals surface area contributed by atoms with Gasteiger partial charge in [-0.2, -0.15) is 13.9 Å². The molecule has 4 nitrogen and oxygen atoms in total. The van der Waals surface area contributed by atoms with Crippen molar-refractivity contribution in [3.8, 4) is 0 Å². The molecule has 0 saturated carbocycles. The van der Waals surface area contributed by atoms with E-state index < -0.39 is 12.5 Å². The number of likely N-dealkylation sites (tertiary alicyclic amines) is 1. The van der Waals surface area contributed by atoms with Crippen molar-refractivity contribution in [3.63, 3.8) is 0 Å². The van der Waals surface area contributed by atoms with Crippen LogP contribution in [0.15, 0.2) is 36.5 Å². The van der Waals surface area contributed by atoms with Gasteiger partial charge < -0.3 is 4.90 Å². The molecule has 1 fully saturated rings. The number of piperidine rings is 1. The van der Waals surface area contributed by atoms with Crippen LogP contribution in [-0.2, 0) is 0 Å². The van der Waals surface area contributed by atoms with Gasteiger partial charge in [0, 0.05) is 12.7 Å². The molecular formula is C16H16F3N3O. The third kappa shape index (κ3) is 3.23. The maximum atomic E-state index is 13.5. The molecule has 0 bridgehead atoms. The van der Waals surface area contributed by atoms with Crippen LogP contribution in [0.2, 0.25) is 0 Å². The van der Waals surface area contributed by atoms with Gasteiger partial charge in [0.15, 0.2) is 5.69 Å².